The smallest absolute Gasteiger partial charge is 0.313 e. The van der Waals surface area contributed by atoms with Gasteiger partial charge in [-0.15, -0.1) is 0 Å². The van der Waals surface area contributed by atoms with Crippen molar-refractivity contribution in [3.63, 3.8) is 0 Å². The van der Waals surface area contributed by atoms with Crippen molar-refractivity contribution < 1.29 is 14.3 Å². The second-order valence-electron chi connectivity index (χ2n) is 4.40. The monoisotopic (exact) mass is 270 g/mol. The van der Waals surface area contributed by atoms with E-state index in [0.717, 1.165) is 24.2 Å². The van der Waals surface area contributed by atoms with Gasteiger partial charge in [0.25, 0.3) is 5.91 Å². The summed E-state index contributed by atoms with van der Waals surface area (Å²) in [6.45, 7) is 1.94. The van der Waals surface area contributed by atoms with Crippen molar-refractivity contribution in [2.45, 2.75) is 19.8 Å². The molecule has 1 aliphatic rings. The van der Waals surface area contributed by atoms with Crippen molar-refractivity contribution in [1.29, 1.82) is 0 Å². The summed E-state index contributed by atoms with van der Waals surface area (Å²) >= 11 is 0.994. The van der Waals surface area contributed by atoms with Crippen LogP contribution in [0.1, 0.15) is 28.2 Å². The second-order valence-corrected chi connectivity index (χ2v) is 5.59. The molecule has 0 radical (unpaired) electrons. The highest BCUT2D eigenvalue weighted by atomic mass is 32.1. The fourth-order valence-corrected chi connectivity index (χ4v) is 2.46. The van der Waals surface area contributed by atoms with E-state index in [4.69, 9.17) is 4.74 Å². The maximum atomic E-state index is 11.8. The van der Waals surface area contributed by atoms with Gasteiger partial charge in [-0.25, -0.2) is 0 Å². The summed E-state index contributed by atoms with van der Waals surface area (Å²) in [5, 5.41) is 2.67. The average molecular weight is 270 g/mol. The Bertz CT molecular complexity index is 541. The molecule has 1 heterocycles. The van der Waals surface area contributed by atoms with Crippen LogP contribution >= 0.6 is 11.3 Å². The number of esters is 1. The van der Waals surface area contributed by atoms with Crippen molar-refractivity contribution >= 4 is 23.2 Å². The SMILES string of the molecule is COC(=O)C1(CNC(=O)c2[nH]c(=O)sc2C)CC1. The number of H-pyrrole nitrogens is 1. The Morgan fingerprint density at radius 2 is 2.17 bits per heavy atom. The van der Waals surface area contributed by atoms with Gasteiger partial charge in [0.2, 0.25) is 0 Å². The minimum absolute atomic E-state index is 0.246. The zero-order valence-electron chi connectivity index (χ0n) is 10.2. The van der Waals surface area contributed by atoms with E-state index in [1.54, 1.807) is 6.92 Å². The molecule has 0 aliphatic heterocycles. The van der Waals surface area contributed by atoms with Gasteiger partial charge in [-0.3, -0.25) is 14.4 Å². The van der Waals surface area contributed by atoms with Gasteiger partial charge < -0.3 is 15.0 Å². The molecule has 7 heteroatoms. The van der Waals surface area contributed by atoms with Crippen LogP contribution in [0.25, 0.3) is 0 Å². The van der Waals surface area contributed by atoms with Gasteiger partial charge in [0.15, 0.2) is 0 Å². The molecule has 18 heavy (non-hydrogen) atoms. The summed E-state index contributed by atoms with van der Waals surface area (Å²) in [5.74, 6) is -0.653. The van der Waals surface area contributed by atoms with Crippen LogP contribution in [0.15, 0.2) is 4.79 Å². The van der Waals surface area contributed by atoms with Gasteiger partial charge in [0.05, 0.1) is 12.5 Å². The number of rotatable bonds is 4. The number of nitrogens with one attached hydrogen (secondary N) is 2. The maximum absolute atomic E-state index is 11.8. The van der Waals surface area contributed by atoms with Gasteiger partial charge in [-0.2, -0.15) is 0 Å². The summed E-state index contributed by atoms with van der Waals surface area (Å²) in [7, 11) is 1.34. The molecular weight excluding hydrogens is 256 g/mol. The number of carbonyl (C=O) groups is 2. The third kappa shape index (κ3) is 2.31. The lowest BCUT2D eigenvalue weighted by Gasteiger charge is -2.13. The molecule has 1 fully saturated rings. The fourth-order valence-electron chi connectivity index (χ4n) is 1.78. The molecule has 1 aliphatic carbocycles. The van der Waals surface area contributed by atoms with E-state index in [2.05, 4.69) is 10.3 Å². The van der Waals surface area contributed by atoms with Crippen molar-refractivity contribution in [2.75, 3.05) is 13.7 Å². The predicted molar refractivity (Wildman–Crippen MR) is 65.7 cm³/mol. The Morgan fingerprint density at radius 1 is 1.50 bits per heavy atom. The van der Waals surface area contributed by atoms with E-state index in [1.165, 1.54) is 7.11 Å². The largest absolute Gasteiger partial charge is 0.469 e. The number of amides is 1. The Balaban J connectivity index is 1.99. The lowest BCUT2D eigenvalue weighted by atomic mass is 10.1. The van der Waals surface area contributed by atoms with E-state index in [9.17, 15) is 14.4 Å². The number of thiazole rings is 1. The molecule has 1 aromatic rings. The first kappa shape index (κ1) is 12.8. The first-order valence-electron chi connectivity index (χ1n) is 5.55. The third-order valence-electron chi connectivity index (χ3n) is 3.11. The Labute approximate surface area is 107 Å². The van der Waals surface area contributed by atoms with Crippen LogP contribution in [-0.4, -0.2) is 30.5 Å². The lowest BCUT2D eigenvalue weighted by molar-refractivity contribution is -0.146. The molecule has 0 bridgehead atoms. The summed E-state index contributed by atoms with van der Waals surface area (Å²) < 4.78 is 4.70. The molecule has 1 aromatic heterocycles. The number of aromatic nitrogens is 1. The molecule has 0 aromatic carbocycles. The molecular formula is C11H14N2O4S. The van der Waals surface area contributed by atoms with E-state index in [0.29, 0.717) is 4.88 Å². The molecule has 2 rings (SSSR count). The topological polar surface area (TPSA) is 88.3 Å². The number of hydrogen-bond donors (Lipinski definition) is 2. The van der Waals surface area contributed by atoms with E-state index < -0.39 is 5.41 Å². The first-order valence-corrected chi connectivity index (χ1v) is 6.36. The Kier molecular flexibility index (Phi) is 3.25. The van der Waals surface area contributed by atoms with Gasteiger partial charge in [-0.05, 0) is 19.8 Å². The standard InChI is InChI=1S/C11H14N2O4S/c1-6-7(13-10(16)18-6)8(14)12-5-11(3-4-11)9(15)17-2/h3-5H2,1-2H3,(H,12,14)(H,13,16). The number of aromatic amines is 1. The summed E-state index contributed by atoms with van der Waals surface area (Å²) in [6, 6.07) is 0. The van der Waals surface area contributed by atoms with Gasteiger partial charge >= 0.3 is 10.8 Å². The van der Waals surface area contributed by atoms with E-state index >= 15 is 0 Å². The molecule has 0 saturated heterocycles. The van der Waals surface area contributed by atoms with Gasteiger partial charge in [0.1, 0.15) is 5.69 Å². The van der Waals surface area contributed by atoms with Crippen LogP contribution in [0.3, 0.4) is 0 Å². The number of methoxy groups -OCH3 is 1. The van der Waals surface area contributed by atoms with Gasteiger partial charge in [0, 0.05) is 11.4 Å². The van der Waals surface area contributed by atoms with Crippen LogP contribution in [0, 0.1) is 12.3 Å². The minimum atomic E-state index is -0.561. The molecule has 1 saturated carbocycles. The highest BCUT2D eigenvalue weighted by Crippen LogP contribution is 2.46. The summed E-state index contributed by atoms with van der Waals surface area (Å²) in [6.07, 6.45) is 1.44. The summed E-state index contributed by atoms with van der Waals surface area (Å²) in [5.41, 5.74) is -0.292. The van der Waals surface area contributed by atoms with Crippen LogP contribution in [0.2, 0.25) is 0 Å². The van der Waals surface area contributed by atoms with Gasteiger partial charge in [-0.1, -0.05) is 11.3 Å². The highest BCUT2D eigenvalue weighted by molar-refractivity contribution is 7.09. The fraction of sp³-hybridized carbons (Fsp3) is 0.545. The number of hydrogen-bond acceptors (Lipinski definition) is 5. The quantitative estimate of drug-likeness (QED) is 0.776. The average Bonchev–Trinajstić information content (AvgIpc) is 3.06. The van der Waals surface area contributed by atoms with Crippen LogP contribution < -0.4 is 10.2 Å². The van der Waals surface area contributed by atoms with E-state index in [1.807, 2.05) is 0 Å². The molecule has 0 unspecified atom stereocenters. The Hall–Kier alpha value is -1.63. The number of carbonyl (C=O) groups excluding carboxylic acids is 2. The minimum Gasteiger partial charge on any atom is -0.469 e. The zero-order chi connectivity index (χ0) is 13.3. The zero-order valence-corrected chi connectivity index (χ0v) is 11.0. The normalized spacial score (nSPS) is 16.1. The molecule has 0 atom stereocenters. The lowest BCUT2D eigenvalue weighted by Crippen LogP contribution is -2.35. The molecule has 0 spiro atoms. The summed E-state index contributed by atoms with van der Waals surface area (Å²) in [4.78, 5) is 37.3. The second kappa shape index (κ2) is 4.56. The van der Waals surface area contributed by atoms with E-state index in [-0.39, 0.29) is 29.0 Å². The predicted octanol–water partition coefficient (Wildman–Crippen LogP) is 0.428. The van der Waals surface area contributed by atoms with Crippen LogP contribution in [0.4, 0.5) is 0 Å². The molecule has 98 valence electrons. The van der Waals surface area contributed by atoms with Crippen molar-refractivity contribution in [2.24, 2.45) is 5.41 Å². The van der Waals surface area contributed by atoms with Crippen molar-refractivity contribution in [3.05, 3.63) is 20.2 Å². The van der Waals surface area contributed by atoms with Crippen LogP contribution in [-0.2, 0) is 9.53 Å². The van der Waals surface area contributed by atoms with Crippen LogP contribution in [0.5, 0.6) is 0 Å². The Morgan fingerprint density at radius 3 is 2.61 bits per heavy atom. The molecule has 1 amide bonds. The number of ether oxygens (including phenoxy) is 1. The maximum Gasteiger partial charge on any atom is 0.313 e. The number of aryl methyl sites for hydroxylation is 1. The first-order chi connectivity index (χ1) is 8.48. The van der Waals surface area contributed by atoms with Crippen molar-refractivity contribution in [3.8, 4) is 0 Å². The van der Waals surface area contributed by atoms with Crippen molar-refractivity contribution in [1.82, 2.24) is 10.3 Å². The third-order valence-corrected chi connectivity index (χ3v) is 3.91. The molecule has 2 N–H and O–H groups in total. The highest BCUT2D eigenvalue weighted by Gasteiger charge is 2.51. The molecule has 6 nitrogen and oxygen atoms in total.